The summed E-state index contributed by atoms with van der Waals surface area (Å²) < 4.78 is 5.10. The predicted octanol–water partition coefficient (Wildman–Crippen LogP) is 1.19. The van der Waals surface area contributed by atoms with Crippen molar-refractivity contribution in [2.24, 2.45) is 0 Å². The summed E-state index contributed by atoms with van der Waals surface area (Å²) in [5.74, 6) is 0.138. The van der Waals surface area contributed by atoms with Crippen molar-refractivity contribution in [1.29, 1.82) is 0 Å². The third kappa shape index (κ3) is 3.14. The quantitative estimate of drug-likeness (QED) is 0.886. The van der Waals surface area contributed by atoms with E-state index in [1.54, 1.807) is 12.0 Å². The zero-order valence-electron chi connectivity index (χ0n) is 11.8. The Morgan fingerprint density at radius 1 is 1.47 bits per heavy atom. The number of carbonyl (C=O) groups is 1. The zero-order chi connectivity index (χ0) is 13.8. The van der Waals surface area contributed by atoms with Crippen molar-refractivity contribution < 1.29 is 9.53 Å². The van der Waals surface area contributed by atoms with Gasteiger partial charge in [-0.3, -0.25) is 4.79 Å². The number of amides is 1. The van der Waals surface area contributed by atoms with Gasteiger partial charge in [0.05, 0.1) is 18.7 Å². The van der Waals surface area contributed by atoms with Crippen LogP contribution in [0.2, 0.25) is 0 Å². The van der Waals surface area contributed by atoms with Gasteiger partial charge in [-0.15, -0.1) is 0 Å². The van der Waals surface area contributed by atoms with E-state index in [1.165, 1.54) is 11.1 Å². The average molecular weight is 262 g/mol. The molecule has 0 aromatic heterocycles. The number of methoxy groups -OCH3 is 1. The Kier molecular flexibility index (Phi) is 4.56. The Balaban J connectivity index is 2.02. The molecule has 1 aliphatic rings. The summed E-state index contributed by atoms with van der Waals surface area (Å²) in [7, 11) is 3.50. The highest BCUT2D eigenvalue weighted by atomic mass is 16.5. The first kappa shape index (κ1) is 14.0. The summed E-state index contributed by atoms with van der Waals surface area (Å²) >= 11 is 0. The maximum atomic E-state index is 12.4. The molecule has 0 radical (unpaired) electrons. The van der Waals surface area contributed by atoms with Crippen LogP contribution in [-0.4, -0.2) is 43.7 Å². The third-order valence-corrected chi connectivity index (χ3v) is 3.80. The smallest absolute Gasteiger partial charge is 0.240 e. The fraction of sp³-hybridized carbons (Fsp3) is 0.533. The van der Waals surface area contributed by atoms with E-state index in [1.807, 2.05) is 26.1 Å². The molecule has 19 heavy (non-hydrogen) atoms. The van der Waals surface area contributed by atoms with Gasteiger partial charge in [0, 0.05) is 20.7 Å². The molecule has 1 aromatic rings. The lowest BCUT2D eigenvalue weighted by molar-refractivity contribution is -0.135. The van der Waals surface area contributed by atoms with Crippen molar-refractivity contribution in [3.8, 4) is 0 Å². The number of likely N-dealkylation sites (N-methyl/N-ethyl adjacent to an activating group) is 1. The van der Waals surface area contributed by atoms with Crippen molar-refractivity contribution in [3.05, 3.63) is 35.4 Å². The van der Waals surface area contributed by atoms with Gasteiger partial charge in [-0.1, -0.05) is 24.3 Å². The van der Waals surface area contributed by atoms with Crippen LogP contribution >= 0.6 is 0 Å². The second-order valence-electron chi connectivity index (χ2n) is 5.16. The van der Waals surface area contributed by atoms with Crippen LogP contribution in [0.25, 0.3) is 0 Å². The van der Waals surface area contributed by atoms with Crippen molar-refractivity contribution in [3.63, 3.8) is 0 Å². The minimum atomic E-state index is -0.126. The van der Waals surface area contributed by atoms with Gasteiger partial charge in [0.1, 0.15) is 0 Å². The van der Waals surface area contributed by atoms with Crippen LogP contribution in [0.15, 0.2) is 24.3 Å². The molecule has 1 amide bonds. The summed E-state index contributed by atoms with van der Waals surface area (Å²) in [4.78, 5) is 14.2. The van der Waals surface area contributed by atoms with E-state index in [-0.39, 0.29) is 18.0 Å². The molecular weight excluding hydrogens is 240 g/mol. The number of fused-ring (bicyclic) bond motifs is 1. The van der Waals surface area contributed by atoms with Crippen LogP contribution in [-0.2, 0) is 22.5 Å². The van der Waals surface area contributed by atoms with Crippen molar-refractivity contribution in [1.82, 2.24) is 10.2 Å². The summed E-state index contributed by atoms with van der Waals surface area (Å²) in [6.07, 6.45) is 0.763. The van der Waals surface area contributed by atoms with Crippen molar-refractivity contribution in [2.75, 3.05) is 20.8 Å². The van der Waals surface area contributed by atoms with E-state index in [2.05, 4.69) is 17.4 Å². The highest BCUT2D eigenvalue weighted by Crippen LogP contribution is 2.17. The first-order chi connectivity index (χ1) is 9.13. The lowest BCUT2D eigenvalue weighted by Crippen LogP contribution is -2.51. The first-order valence-electron chi connectivity index (χ1n) is 6.69. The molecule has 2 rings (SSSR count). The van der Waals surface area contributed by atoms with Gasteiger partial charge in [0.15, 0.2) is 0 Å². The molecule has 4 heteroatoms. The van der Waals surface area contributed by atoms with Crippen LogP contribution in [0.5, 0.6) is 0 Å². The molecule has 1 aromatic carbocycles. The van der Waals surface area contributed by atoms with Crippen molar-refractivity contribution >= 4 is 5.91 Å². The fourth-order valence-electron chi connectivity index (χ4n) is 2.44. The second-order valence-corrected chi connectivity index (χ2v) is 5.16. The van der Waals surface area contributed by atoms with Gasteiger partial charge in [-0.25, -0.2) is 0 Å². The maximum Gasteiger partial charge on any atom is 0.240 e. The van der Waals surface area contributed by atoms with Gasteiger partial charge >= 0.3 is 0 Å². The van der Waals surface area contributed by atoms with E-state index in [0.29, 0.717) is 6.61 Å². The molecule has 0 saturated carbocycles. The number of carbonyl (C=O) groups excluding carboxylic acids is 1. The monoisotopic (exact) mass is 262 g/mol. The molecule has 0 fully saturated rings. The van der Waals surface area contributed by atoms with Gasteiger partial charge < -0.3 is 15.0 Å². The molecule has 1 aliphatic heterocycles. The molecule has 0 aliphatic carbocycles. The number of nitrogens with one attached hydrogen (secondary N) is 1. The number of hydrogen-bond acceptors (Lipinski definition) is 3. The number of ether oxygens (including phenoxy) is 1. The molecule has 2 atom stereocenters. The molecular formula is C15H22N2O2. The number of benzene rings is 1. The summed E-state index contributed by atoms with van der Waals surface area (Å²) in [5, 5.41) is 3.32. The summed E-state index contributed by atoms with van der Waals surface area (Å²) in [6, 6.07) is 8.25. The zero-order valence-corrected chi connectivity index (χ0v) is 11.8. The molecule has 0 spiro atoms. The molecule has 0 saturated heterocycles. The van der Waals surface area contributed by atoms with Gasteiger partial charge in [-0.05, 0) is 24.5 Å². The Bertz CT molecular complexity index is 448. The molecule has 1 N–H and O–H groups in total. The molecule has 1 unspecified atom stereocenters. The van der Waals surface area contributed by atoms with E-state index in [0.717, 1.165) is 13.0 Å². The largest absolute Gasteiger partial charge is 0.383 e. The van der Waals surface area contributed by atoms with Crippen LogP contribution < -0.4 is 5.32 Å². The fourth-order valence-corrected chi connectivity index (χ4v) is 2.44. The second kappa shape index (κ2) is 6.17. The van der Waals surface area contributed by atoms with E-state index >= 15 is 0 Å². The van der Waals surface area contributed by atoms with Crippen LogP contribution in [0, 0.1) is 0 Å². The molecule has 0 bridgehead atoms. The van der Waals surface area contributed by atoms with Gasteiger partial charge in [0.25, 0.3) is 0 Å². The maximum absolute atomic E-state index is 12.4. The topological polar surface area (TPSA) is 41.6 Å². The molecule has 1 heterocycles. The van der Waals surface area contributed by atoms with E-state index < -0.39 is 0 Å². The highest BCUT2D eigenvalue weighted by molar-refractivity contribution is 5.82. The van der Waals surface area contributed by atoms with Gasteiger partial charge in [0.2, 0.25) is 5.91 Å². The normalized spacial score (nSPS) is 19.6. The summed E-state index contributed by atoms with van der Waals surface area (Å²) in [5.41, 5.74) is 2.56. The van der Waals surface area contributed by atoms with E-state index in [9.17, 15) is 4.79 Å². The summed E-state index contributed by atoms with van der Waals surface area (Å²) in [6.45, 7) is 3.32. The van der Waals surface area contributed by atoms with Gasteiger partial charge in [-0.2, -0.15) is 0 Å². The predicted molar refractivity (Wildman–Crippen MR) is 74.9 cm³/mol. The first-order valence-corrected chi connectivity index (χ1v) is 6.69. The van der Waals surface area contributed by atoms with Crippen LogP contribution in [0.1, 0.15) is 18.1 Å². The Morgan fingerprint density at radius 2 is 2.16 bits per heavy atom. The Morgan fingerprint density at radius 3 is 2.84 bits per heavy atom. The Hall–Kier alpha value is -1.39. The number of nitrogens with zero attached hydrogens (tertiary/aromatic N) is 1. The lowest BCUT2D eigenvalue weighted by atomic mass is 9.95. The molecule has 4 nitrogen and oxygen atoms in total. The minimum absolute atomic E-state index is 0.0940. The average Bonchev–Trinajstić information content (AvgIpc) is 2.45. The van der Waals surface area contributed by atoms with Crippen molar-refractivity contribution in [2.45, 2.75) is 32.0 Å². The lowest BCUT2D eigenvalue weighted by Gasteiger charge is -2.32. The standard InChI is InChI=1S/C15H22N2O2/c1-11(10-19-3)17(2)15(18)14-8-12-6-4-5-7-13(12)9-16-14/h4-7,11,14,16H,8-10H2,1-3H3/t11?,14-/m1/s1. The van der Waals surface area contributed by atoms with E-state index in [4.69, 9.17) is 4.74 Å². The number of hydrogen-bond donors (Lipinski definition) is 1. The highest BCUT2D eigenvalue weighted by Gasteiger charge is 2.28. The van der Waals surface area contributed by atoms with Crippen LogP contribution in [0.4, 0.5) is 0 Å². The number of rotatable bonds is 4. The Labute approximate surface area is 114 Å². The SMILES string of the molecule is COCC(C)N(C)C(=O)[C@H]1Cc2ccccc2CN1. The minimum Gasteiger partial charge on any atom is -0.383 e. The third-order valence-electron chi connectivity index (χ3n) is 3.80. The molecule has 104 valence electrons. The van der Waals surface area contributed by atoms with Crippen LogP contribution in [0.3, 0.4) is 0 Å².